The molecule has 2 aliphatic heterocycles. The van der Waals surface area contributed by atoms with Crippen LogP contribution in [0.4, 0.5) is 24.5 Å². The van der Waals surface area contributed by atoms with Gasteiger partial charge in [-0.05, 0) is 48.9 Å². The van der Waals surface area contributed by atoms with Crippen LogP contribution >= 0.6 is 0 Å². The number of nitrogens with zero attached hydrogens (tertiary/aromatic N) is 3. The van der Waals surface area contributed by atoms with Gasteiger partial charge in [0.25, 0.3) is 5.91 Å². The molecule has 2 heterocycles. The second kappa shape index (κ2) is 9.43. The molecule has 2 aliphatic rings. The van der Waals surface area contributed by atoms with Crippen molar-refractivity contribution in [1.82, 2.24) is 4.90 Å². The maximum Gasteiger partial charge on any atom is 0.416 e. The lowest BCUT2D eigenvalue weighted by Crippen LogP contribution is -2.52. The largest absolute Gasteiger partial charge is 0.494 e. The van der Waals surface area contributed by atoms with Crippen LogP contribution in [0.2, 0.25) is 0 Å². The van der Waals surface area contributed by atoms with Crippen molar-refractivity contribution in [1.29, 1.82) is 0 Å². The van der Waals surface area contributed by atoms with E-state index in [1.54, 1.807) is 30.3 Å². The van der Waals surface area contributed by atoms with Crippen LogP contribution in [-0.4, -0.2) is 55.5 Å². The third-order valence-electron chi connectivity index (χ3n) is 5.98. The number of ether oxygens (including phenoxy) is 1. The van der Waals surface area contributed by atoms with Crippen molar-refractivity contribution in [2.24, 2.45) is 0 Å². The summed E-state index contributed by atoms with van der Waals surface area (Å²) in [5.74, 6) is 0.157. The molecule has 0 aliphatic carbocycles. The van der Waals surface area contributed by atoms with Crippen LogP contribution in [0.25, 0.3) is 0 Å². The lowest BCUT2D eigenvalue weighted by molar-refractivity contribution is -0.137. The molecule has 0 N–H and O–H groups in total. The second-order valence-electron chi connectivity index (χ2n) is 8.20. The number of benzene rings is 2. The smallest absolute Gasteiger partial charge is 0.416 e. The van der Waals surface area contributed by atoms with E-state index in [1.807, 2.05) is 16.7 Å². The van der Waals surface area contributed by atoms with E-state index < -0.39 is 17.8 Å². The number of hydrogen-bond acceptors (Lipinski definition) is 5. The van der Waals surface area contributed by atoms with Gasteiger partial charge in [0.05, 0.1) is 30.3 Å². The average molecular weight is 461 g/mol. The van der Waals surface area contributed by atoms with Crippen LogP contribution in [0.1, 0.15) is 25.3 Å². The number of amides is 2. The molecule has 4 rings (SSSR count). The van der Waals surface area contributed by atoms with Crippen LogP contribution in [0, 0.1) is 0 Å². The monoisotopic (exact) mass is 461 g/mol. The number of hydrogen-bond donors (Lipinski definition) is 0. The van der Waals surface area contributed by atoms with Crippen molar-refractivity contribution in [2.75, 3.05) is 42.6 Å². The van der Waals surface area contributed by atoms with Crippen molar-refractivity contribution in [2.45, 2.75) is 32.0 Å². The maximum atomic E-state index is 13.1. The molecule has 1 unspecified atom stereocenters. The highest BCUT2D eigenvalue weighted by atomic mass is 19.4. The Morgan fingerprint density at radius 1 is 0.970 bits per heavy atom. The second-order valence-corrected chi connectivity index (χ2v) is 8.20. The van der Waals surface area contributed by atoms with Crippen LogP contribution < -0.4 is 14.5 Å². The number of carbonyl (C=O) groups is 2. The molecule has 6 nitrogen and oxygen atoms in total. The molecule has 2 aromatic rings. The van der Waals surface area contributed by atoms with Crippen LogP contribution in [-0.2, 0) is 15.8 Å². The summed E-state index contributed by atoms with van der Waals surface area (Å²) in [7, 11) is 0. The molecule has 9 heteroatoms. The number of halogens is 3. The lowest BCUT2D eigenvalue weighted by Gasteiger charge is -2.38. The zero-order valence-electron chi connectivity index (χ0n) is 18.3. The van der Waals surface area contributed by atoms with Crippen LogP contribution in [0.15, 0.2) is 48.5 Å². The molecule has 2 saturated heterocycles. The molecule has 0 aromatic heterocycles. The molecule has 0 saturated carbocycles. The van der Waals surface area contributed by atoms with E-state index in [-0.39, 0.29) is 18.2 Å². The van der Waals surface area contributed by atoms with Crippen molar-refractivity contribution < 1.29 is 27.5 Å². The van der Waals surface area contributed by atoms with Gasteiger partial charge in [-0.3, -0.25) is 14.5 Å². The Hall–Kier alpha value is -3.07. The Labute approximate surface area is 190 Å². The number of piperazine rings is 1. The van der Waals surface area contributed by atoms with Crippen molar-refractivity contribution in [3.05, 3.63) is 54.1 Å². The minimum Gasteiger partial charge on any atom is -0.494 e. The van der Waals surface area contributed by atoms with Crippen LogP contribution in [0.5, 0.6) is 5.75 Å². The highest BCUT2D eigenvalue weighted by molar-refractivity contribution is 6.22. The summed E-state index contributed by atoms with van der Waals surface area (Å²) in [4.78, 5) is 30.8. The maximum absolute atomic E-state index is 13.1. The number of rotatable bonds is 6. The zero-order chi connectivity index (χ0) is 23.6. The van der Waals surface area contributed by atoms with Crippen molar-refractivity contribution in [3.63, 3.8) is 0 Å². The number of imide groups is 1. The standard InChI is InChI=1S/C24H26F3N3O3/c1-2-14-33-20-8-6-18(7-9-20)30-22(31)16-21(23(30)32)29-12-10-28(11-13-29)19-5-3-4-17(15-19)24(25,26)27/h3-9,15,21H,2,10-14,16H2,1H3. The summed E-state index contributed by atoms with van der Waals surface area (Å²) in [6, 6.07) is 11.6. The zero-order valence-corrected chi connectivity index (χ0v) is 18.3. The van der Waals surface area contributed by atoms with Gasteiger partial charge in [0.15, 0.2) is 0 Å². The van der Waals surface area contributed by atoms with Gasteiger partial charge >= 0.3 is 6.18 Å². The molecule has 2 aromatic carbocycles. The molecule has 2 fully saturated rings. The Morgan fingerprint density at radius 2 is 1.67 bits per heavy atom. The number of anilines is 2. The van der Waals surface area contributed by atoms with Crippen molar-refractivity contribution in [3.8, 4) is 5.75 Å². The fourth-order valence-corrected chi connectivity index (χ4v) is 4.25. The van der Waals surface area contributed by atoms with E-state index in [2.05, 4.69) is 0 Å². The van der Waals surface area contributed by atoms with Gasteiger partial charge in [0, 0.05) is 31.9 Å². The summed E-state index contributed by atoms with van der Waals surface area (Å²) >= 11 is 0. The molecule has 0 spiro atoms. The summed E-state index contributed by atoms with van der Waals surface area (Å²) < 4.78 is 44.6. The Kier molecular flexibility index (Phi) is 6.60. The first-order valence-corrected chi connectivity index (χ1v) is 11.0. The summed E-state index contributed by atoms with van der Waals surface area (Å²) in [6.07, 6.45) is -3.41. The first-order valence-electron chi connectivity index (χ1n) is 11.0. The minimum absolute atomic E-state index is 0.0937. The van der Waals surface area contributed by atoms with Gasteiger partial charge in [-0.15, -0.1) is 0 Å². The van der Waals surface area contributed by atoms with Gasteiger partial charge in [-0.2, -0.15) is 13.2 Å². The third kappa shape index (κ3) is 4.98. The van der Waals surface area contributed by atoms with E-state index in [4.69, 9.17) is 4.74 Å². The number of alkyl halides is 3. The lowest BCUT2D eigenvalue weighted by atomic mass is 10.1. The number of carbonyl (C=O) groups excluding carboxylic acids is 2. The Bertz CT molecular complexity index is 1000. The summed E-state index contributed by atoms with van der Waals surface area (Å²) in [6.45, 7) is 4.52. The molecule has 176 valence electrons. The molecule has 0 bridgehead atoms. The highest BCUT2D eigenvalue weighted by Crippen LogP contribution is 2.32. The van der Waals surface area contributed by atoms with Crippen LogP contribution in [0.3, 0.4) is 0 Å². The van der Waals surface area contributed by atoms with E-state index in [9.17, 15) is 22.8 Å². The minimum atomic E-state index is -4.39. The summed E-state index contributed by atoms with van der Waals surface area (Å²) in [5.41, 5.74) is 0.338. The van der Waals surface area contributed by atoms with Gasteiger partial charge in [0.1, 0.15) is 5.75 Å². The van der Waals surface area contributed by atoms with E-state index >= 15 is 0 Å². The first kappa shape index (κ1) is 23.1. The molecule has 0 radical (unpaired) electrons. The normalized spacial score (nSPS) is 19.9. The Morgan fingerprint density at radius 3 is 2.30 bits per heavy atom. The molecule has 1 atom stereocenters. The third-order valence-corrected chi connectivity index (χ3v) is 5.98. The van der Waals surface area contributed by atoms with Gasteiger partial charge in [-0.1, -0.05) is 13.0 Å². The Balaban J connectivity index is 1.39. The molecule has 33 heavy (non-hydrogen) atoms. The van der Waals surface area contributed by atoms with Gasteiger partial charge in [0.2, 0.25) is 5.91 Å². The molecular formula is C24H26F3N3O3. The SMILES string of the molecule is CCCOc1ccc(N2C(=O)CC(N3CCN(c4cccc(C(F)(F)F)c4)CC3)C2=O)cc1. The predicted molar refractivity (Wildman–Crippen MR) is 118 cm³/mol. The average Bonchev–Trinajstić information content (AvgIpc) is 3.11. The van der Waals surface area contributed by atoms with Crippen molar-refractivity contribution >= 4 is 23.2 Å². The first-order chi connectivity index (χ1) is 15.8. The van der Waals surface area contributed by atoms with Gasteiger partial charge < -0.3 is 9.64 Å². The molecular weight excluding hydrogens is 435 g/mol. The molecule has 2 amide bonds. The fraction of sp³-hybridized carbons (Fsp3) is 0.417. The fourth-order valence-electron chi connectivity index (χ4n) is 4.25. The summed E-state index contributed by atoms with van der Waals surface area (Å²) in [5, 5.41) is 0. The van der Waals surface area contributed by atoms with E-state index in [0.717, 1.165) is 18.6 Å². The topological polar surface area (TPSA) is 53.1 Å². The highest BCUT2D eigenvalue weighted by Gasteiger charge is 2.43. The van der Waals surface area contributed by atoms with Gasteiger partial charge in [-0.25, -0.2) is 4.90 Å². The van der Waals surface area contributed by atoms with E-state index in [0.29, 0.717) is 49.9 Å². The van der Waals surface area contributed by atoms with E-state index in [1.165, 1.54) is 11.0 Å². The predicted octanol–water partition coefficient (Wildman–Crippen LogP) is 3.95. The quantitative estimate of drug-likeness (QED) is 0.610.